The molecule has 0 N–H and O–H groups in total. The van der Waals surface area contributed by atoms with Crippen LogP contribution in [0.15, 0.2) is 30.3 Å². The highest BCUT2D eigenvalue weighted by molar-refractivity contribution is 5.86. The van der Waals surface area contributed by atoms with E-state index in [1.165, 1.54) is 13.2 Å². The summed E-state index contributed by atoms with van der Waals surface area (Å²) in [6, 6.07) is 7.54. The minimum Gasteiger partial charge on any atom is -0.491 e. The Hall–Kier alpha value is -1.77. The second-order valence-corrected chi connectivity index (χ2v) is 3.60. The molecule has 0 amide bonds. The molecule has 1 aromatic rings. The van der Waals surface area contributed by atoms with Crippen LogP contribution in [0.25, 0.3) is 6.08 Å². The van der Waals surface area contributed by atoms with Gasteiger partial charge >= 0.3 is 5.97 Å². The number of esters is 1. The average Bonchev–Trinajstić information content (AvgIpc) is 2.25. The van der Waals surface area contributed by atoms with Gasteiger partial charge in [0.25, 0.3) is 0 Å². The second kappa shape index (κ2) is 5.95. The third-order valence-corrected chi connectivity index (χ3v) is 1.84. The second-order valence-electron chi connectivity index (χ2n) is 3.60. The molecule has 0 atom stereocenters. The summed E-state index contributed by atoms with van der Waals surface area (Å²) in [4.78, 5) is 10.9. The van der Waals surface area contributed by atoms with E-state index in [0.29, 0.717) is 0 Å². The van der Waals surface area contributed by atoms with Crippen LogP contribution in [0.4, 0.5) is 0 Å². The fourth-order valence-corrected chi connectivity index (χ4v) is 1.20. The van der Waals surface area contributed by atoms with E-state index < -0.39 is 0 Å². The highest BCUT2D eigenvalue weighted by atomic mass is 16.5. The maximum absolute atomic E-state index is 10.9. The zero-order valence-electron chi connectivity index (χ0n) is 9.77. The summed E-state index contributed by atoms with van der Waals surface area (Å²) in [5.41, 5.74) is 0.906. The van der Waals surface area contributed by atoms with Crippen LogP contribution in [-0.4, -0.2) is 19.2 Å². The van der Waals surface area contributed by atoms with Crippen LogP contribution in [0.5, 0.6) is 5.75 Å². The summed E-state index contributed by atoms with van der Waals surface area (Å²) in [7, 11) is 1.35. The predicted molar refractivity (Wildman–Crippen MR) is 63.3 cm³/mol. The van der Waals surface area contributed by atoms with Crippen molar-refractivity contribution in [1.82, 2.24) is 0 Å². The molecule has 0 aliphatic rings. The van der Waals surface area contributed by atoms with Gasteiger partial charge in [-0.25, -0.2) is 4.79 Å². The monoisotopic (exact) mass is 220 g/mol. The largest absolute Gasteiger partial charge is 0.491 e. The van der Waals surface area contributed by atoms with Crippen molar-refractivity contribution < 1.29 is 14.3 Å². The van der Waals surface area contributed by atoms with Gasteiger partial charge in [-0.05, 0) is 37.6 Å². The Morgan fingerprint density at radius 2 is 2.12 bits per heavy atom. The average molecular weight is 220 g/mol. The van der Waals surface area contributed by atoms with Crippen LogP contribution < -0.4 is 4.74 Å². The van der Waals surface area contributed by atoms with E-state index in [9.17, 15) is 4.79 Å². The molecular formula is C13H16O3. The van der Waals surface area contributed by atoms with Gasteiger partial charge in [-0.15, -0.1) is 0 Å². The quantitative estimate of drug-likeness (QED) is 0.578. The van der Waals surface area contributed by atoms with Crippen molar-refractivity contribution in [3.63, 3.8) is 0 Å². The summed E-state index contributed by atoms with van der Waals surface area (Å²) in [5.74, 6) is 0.428. The highest BCUT2D eigenvalue weighted by Gasteiger charge is 1.98. The summed E-state index contributed by atoms with van der Waals surface area (Å²) in [6.45, 7) is 3.94. The fourth-order valence-electron chi connectivity index (χ4n) is 1.20. The summed E-state index contributed by atoms with van der Waals surface area (Å²) in [6.07, 6.45) is 3.22. The van der Waals surface area contributed by atoms with E-state index in [1.807, 2.05) is 38.1 Å². The van der Waals surface area contributed by atoms with E-state index in [1.54, 1.807) is 6.08 Å². The van der Waals surface area contributed by atoms with Gasteiger partial charge < -0.3 is 9.47 Å². The van der Waals surface area contributed by atoms with Crippen LogP contribution in [0.1, 0.15) is 19.4 Å². The van der Waals surface area contributed by atoms with Crippen molar-refractivity contribution >= 4 is 12.0 Å². The molecule has 0 radical (unpaired) electrons. The lowest BCUT2D eigenvalue weighted by molar-refractivity contribution is -0.134. The molecule has 0 saturated carbocycles. The van der Waals surface area contributed by atoms with Crippen LogP contribution >= 0.6 is 0 Å². The number of ether oxygens (including phenoxy) is 2. The van der Waals surface area contributed by atoms with E-state index in [-0.39, 0.29) is 12.1 Å². The number of carbonyl (C=O) groups excluding carboxylic acids is 1. The van der Waals surface area contributed by atoms with Crippen molar-refractivity contribution in [3.05, 3.63) is 35.9 Å². The minimum absolute atomic E-state index is 0.139. The lowest BCUT2D eigenvalue weighted by Gasteiger charge is -2.09. The Morgan fingerprint density at radius 1 is 1.38 bits per heavy atom. The number of hydrogen-bond donors (Lipinski definition) is 0. The molecule has 3 heteroatoms. The molecule has 0 heterocycles. The third kappa shape index (κ3) is 4.17. The van der Waals surface area contributed by atoms with Gasteiger partial charge in [-0.2, -0.15) is 0 Å². The van der Waals surface area contributed by atoms with Crippen molar-refractivity contribution in [2.24, 2.45) is 0 Å². The van der Waals surface area contributed by atoms with E-state index in [4.69, 9.17) is 4.74 Å². The number of benzene rings is 1. The third-order valence-electron chi connectivity index (χ3n) is 1.84. The van der Waals surface area contributed by atoms with E-state index in [2.05, 4.69) is 4.74 Å². The first-order chi connectivity index (χ1) is 7.61. The molecule has 0 fully saturated rings. The molecule has 0 saturated heterocycles. The van der Waals surface area contributed by atoms with E-state index >= 15 is 0 Å². The SMILES string of the molecule is COC(=O)C=Cc1cccc(OC(C)C)c1. The zero-order valence-corrected chi connectivity index (χ0v) is 9.77. The lowest BCUT2D eigenvalue weighted by Crippen LogP contribution is -2.05. The lowest BCUT2D eigenvalue weighted by atomic mass is 10.2. The molecule has 3 nitrogen and oxygen atoms in total. The molecule has 0 aliphatic heterocycles. The normalized spacial score (nSPS) is 10.8. The number of carbonyl (C=O) groups is 1. The molecule has 0 unspecified atom stereocenters. The number of rotatable bonds is 4. The molecular weight excluding hydrogens is 204 g/mol. The van der Waals surface area contributed by atoms with Gasteiger partial charge in [0.05, 0.1) is 13.2 Å². The van der Waals surface area contributed by atoms with Gasteiger partial charge in [0.2, 0.25) is 0 Å². The standard InChI is InChI=1S/C13H16O3/c1-10(2)16-12-6-4-5-11(9-12)7-8-13(14)15-3/h4-10H,1-3H3. The van der Waals surface area contributed by atoms with Crippen LogP contribution in [0.2, 0.25) is 0 Å². The van der Waals surface area contributed by atoms with Crippen LogP contribution in [-0.2, 0) is 9.53 Å². The molecule has 0 spiro atoms. The Morgan fingerprint density at radius 3 is 2.75 bits per heavy atom. The molecule has 1 aromatic carbocycles. The number of methoxy groups -OCH3 is 1. The smallest absolute Gasteiger partial charge is 0.330 e. The zero-order chi connectivity index (χ0) is 12.0. The van der Waals surface area contributed by atoms with Crippen molar-refractivity contribution in [2.75, 3.05) is 7.11 Å². The van der Waals surface area contributed by atoms with Gasteiger partial charge in [-0.3, -0.25) is 0 Å². The van der Waals surface area contributed by atoms with Gasteiger partial charge in [0.1, 0.15) is 5.75 Å². The molecule has 0 aliphatic carbocycles. The molecule has 0 bridgehead atoms. The molecule has 1 rings (SSSR count). The van der Waals surface area contributed by atoms with Crippen LogP contribution in [0, 0.1) is 0 Å². The first-order valence-electron chi connectivity index (χ1n) is 5.14. The van der Waals surface area contributed by atoms with Gasteiger partial charge in [0, 0.05) is 6.08 Å². The van der Waals surface area contributed by atoms with E-state index in [0.717, 1.165) is 11.3 Å². The first kappa shape index (κ1) is 12.3. The van der Waals surface area contributed by atoms with Crippen molar-refractivity contribution in [2.45, 2.75) is 20.0 Å². The highest BCUT2D eigenvalue weighted by Crippen LogP contribution is 2.15. The van der Waals surface area contributed by atoms with Gasteiger partial charge in [-0.1, -0.05) is 12.1 Å². The maximum atomic E-state index is 10.9. The van der Waals surface area contributed by atoms with Crippen LogP contribution in [0.3, 0.4) is 0 Å². The number of hydrogen-bond acceptors (Lipinski definition) is 3. The predicted octanol–water partition coefficient (Wildman–Crippen LogP) is 2.66. The van der Waals surface area contributed by atoms with Crippen molar-refractivity contribution in [3.8, 4) is 5.75 Å². The summed E-state index contributed by atoms with van der Waals surface area (Å²) < 4.78 is 10.0. The van der Waals surface area contributed by atoms with Gasteiger partial charge in [0.15, 0.2) is 0 Å². The maximum Gasteiger partial charge on any atom is 0.330 e. The minimum atomic E-state index is -0.366. The fraction of sp³-hybridized carbons (Fsp3) is 0.308. The summed E-state index contributed by atoms with van der Waals surface area (Å²) >= 11 is 0. The molecule has 16 heavy (non-hydrogen) atoms. The molecule has 0 aromatic heterocycles. The topological polar surface area (TPSA) is 35.5 Å². The summed E-state index contributed by atoms with van der Waals surface area (Å²) in [5, 5.41) is 0. The Labute approximate surface area is 95.7 Å². The Bertz CT molecular complexity index is 381. The first-order valence-corrected chi connectivity index (χ1v) is 5.14. The van der Waals surface area contributed by atoms with Crippen molar-refractivity contribution in [1.29, 1.82) is 0 Å². The molecule has 86 valence electrons. The Kier molecular flexibility index (Phi) is 4.58. The Balaban J connectivity index is 2.74.